The van der Waals surface area contributed by atoms with E-state index in [1.165, 1.54) is 0 Å². The number of carbonyl (C=O) groups is 1. The van der Waals surface area contributed by atoms with Gasteiger partial charge in [0.1, 0.15) is 11.6 Å². The predicted molar refractivity (Wildman–Crippen MR) is 77.9 cm³/mol. The first-order valence-corrected chi connectivity index (χ1v) is 7.15. The highest BCUT2D eigenvalue weighted by Gasteiger charge is 2.25. The van der Waals surface area contributed by atoms with Crippen molar-refractivity contribution in [2.45, 2.75) is 26.3 Å². The van der Waals surface area contributed by atoms with E-state index in [0.717, 1.165) is 25.6 Å². The number of amides is 1. The van der Waals surface area contributed by atoms with Gasteiger partial charge in [0, 0.05) is 25.2 Å². The molecule has 1 amide bonds. The maximum Gasteiger partial charge on any atom is 0.254 e. The summed E-state index contributed by atoms with van der Waals surface area (Å²) in [6.07, 6.45) is 1.01. The third-order valence-electron chi connectivity index (χ3n) is 3.93. The summed E-state index contributed by atoms with van der Waals surface area (Å²) in [6, 6.07) is 2.16. The van der Waals surface area contributed by atoms with Crippen molar-refractivity contribution in [2.75, 3.05) is 25.4 Å². The first-order chi connectivity index (χ1) is 9.88. The molecule has 4 nitrogen and oxygen atoms in total. The van der Waals surface area contributed by atoms with Crippen LogP contribution in [-0.4, -0.2) is 36.5 Å². The van der Waals surface area contributed by atoms with Crippen molar-refractivity contribution in [2.24, 2.45) is 5.92 Å². The monoisotopic (exact) mass is 297 g/mol. The van der Waals surface area contributed by atoms with Crippen molar-refractivity contribution in [3.8, 4) is 0 Å². The Bertz CT molecular complexity index is 534. The van der Waals surface area contributed by atoms with Crippen LogP contribution in [0.25, 0.3) is 0 Å². The molecular weight excluding hydrogens is 276 g/mol. The molecule has 1 aliphatic heterocycles. The lowest BCUT2D eigenvalue weighted by atomic mass is 10.1. The molecule has 1 heterocycles. The fourth-order valence-electron chi connectivity index (χ4n) is 2.57. The molecular formula is C15H21F2N3O. The molecule has 1 atom stereocenters. The molecule has 1 aromatic carbocycles. The number of hydrogen-bond donors (Lipinski definition) is 2. The van der Waals surface area contributed by atoms with Gasteiger partial charge >= 0.3 is 0 Å². The summed E-state index contributed by atoms with van der Waals surface area (Å²) >= 11 is 0. The van der Waals surface area contributed by atoms with Crippen LogP contribution in [0, 0.1) is 17.6 Å². The lowest BCUT2D eigenvalue weighted by Crippen LogP contribution is -2.33. The Balaban J connectivity index is 1.92. The van der Waals surface area contributed by atoms with E-state index in [1.54, 1.807) is 0 Å². The summed E-state index contributed by atoms with van der Waals surface area (Å²) in [5.74, 6) is -1.94. The van der Waals surface area contributed by atoms with E-state index in [1.807, 2.05) is 0 Å². The van der Waals surface area contributed by atoms with E-state index in [0.29, 0.717) is 24.6 Å². The number of hydrogen-bond acceptors (Lipinski definition) is 3. The highest BCUT2D eigenvalue weighted by Crippen LogP contribution is 2.19. The quantitative estimate of drug-likeness (QED) is 0.836. The molecule has 1 unspecified atom stereocenters. The van der Waals surface area contributed by atoms with Gasteiger partial charge in [0.05, 0.1) is 11.3 Å². The van der Waals surface area contributed by atoms with Crippen molar-refractivity contribution >= 4 is 11.6 Å². The van der Waals surface area contributed by atoms with Gasteiger partial charge in [-0.15, -0.1) is 0 Å². The minimum Gasteiger partial charge on any atom is -0.396 e. The average molecular weight is 297 g/mol. The molecule has 3 N–H and O–H groups in total. The van der Waals surface area contributed by atoms with E-state index >= 15 is 0 Å². The van der Waals surface area contributed by atoms with E-state index in [2.05, 4.69) is 24.1 Å². The van der Waals surface area contributed by atoms with E-state index in [9.17, 15) is 13.6 Å². The fraction of sp³-hybridized carbons (Fsp3) is 0.533. The number of rotatable bonds is 4. The number of nitrogen functional groups attached to an aromatic ring is 1. The number of benzene rings is 1. The van der Waals surface area contributed by atoms with Gasteiger partial charge in [-0.05, 0) is 38.8 Å². The highest BCUT2D eigenvalue weighted by atomic mass is 19.1. The average Bonchev–Trinajstić information content (AvgIpc) is 2.89. The second-order valence-electron chi connectivity index (χ2n) is 5.81. The standard InChI is InChI=1S/C15H21F2N3O/c1-9(2)20-4-3-10(8-20)7-19-15(21)11-5-14(18)13(17)6-12(11)16/h5-6,9-10H,3-4,7-8,18H2,1-2H3,(H,19,21). The van der Waals surface area contributed by atoms with Crippen molar-refractivity contribution in [3.63, 3.8) is 0 Å². The van der Waals surface area contributed by atoms with Crippen LogP contribution in [0.5, 0.6) is 0 Å². The molecule has 1 saturated heterocycles. The normalized spacial score (nSPS) is 19.2. The zero-order valence-corrected chi connectivity index (χ0v) is 12.3. The molecule has 1 fully saturated rings. The Morgan fingerprint density at radius 2 is 2.14 bits per heavy atom. The number of nitrogens with two attached hydrogens (primary N) is 1. The molecule has 116 valence electrons. The summed E-state index contributed by atoms with van der Waals surface area (Å²) in [5.41, 5.74) is 4.93. The largest absolute Gasteiger partial charge is 0.396 e. The molecule has 2 rings (SSSR count). The summed E-state index contributed by atoms with van der Waals surface area (Å²) in [7, 11) is 0. The second kappa shape index (κ2) is 6.39. The molecule has 0 aliphatic carbocycles. The lowest BCUT2D eigenvalue weighted by molar-refractivity contribution is 0.0943. The van der Waals surface area contributed by atoms with Gasteiger partial charge in [-0.3, -0.25) is 4.79 Å². The van der Waals surface area contributed by atoms with Gasteiger partial charge in [-0.25, -0.2) is 8.78 Å². The zero-order chi connectivity index (χ0) is 15.6. The fourth-order valence-corrected chi connectivity index (χ4v) is 2.57. The molecule has 0 saturated carbocycles. The Kier molecular flexibility index (Phi) is 4.77. The van der Waals surface area contributed by atoms with Crippen molar-refractivity contribution < 1.29 is 13.6 Å². The smallest absolute Gasteiger partial charge is 0.254 e. The molecule has 6 heteroatoms. The van der Waals surface area contributed by atoms with Gasteiger partial charge in [0.2, 0.25) is 0 Å². The molecule has 0 bridgehead atoms. The summed E-state index contributed by atoms with van der Waals surface area (Å²) in [6.45, 7) is 6.69. The Morgan fingerprint density at radius 3 is 2.76 bits per heavy atom. The SMILES string of the molecule is CC(C)N1CCC(CNC(=O)c2cc(N)c(F)cc2F)C1. The third-order valence-corrected chi connectivity index (χ3v) is 3.93. The molecule has 0 spiro atoms. The van der Waals surface area contributed by atoms with Crippen LogP contribution in [0.4, 0.5) is 14.5 Å². The van der Waals surface area contributed by atoms with Crippen molar-refractivity contribution in [1.82, 2.24) is 10.2 Å². The molecule has 1 aliphatic rings. The van der Waals surface area contributed by atoms with Gasteiger partial charge < -0.3 is 16.0 Å². The van der Waals surface area contributed by atoms with Crippen molar-refractivity contribution in [1.29, 1.82) is 0 Å². The molecule has 1 aromatic rings. The molecule has 0 aromatic heterocycles. The predicted octanol–water partition coefficient (Wildman–Crippen LogP) is 2.01. The van der Waals surface area contributed by atoms with E-state index < -0.39 is 17.5 Å². The molecule has 21 heavy (non-hydrogen) atoms. The van der Waals surface area contributed by atoms with Crippen molar-refractivity contribution in [3.05, 3.63) is 29.3 Å². The van der Waals surface area contributed by atoms with Crippen LogP contribution >= 0.6 is 0 Å². The van der Waals surface area contributed by atoms with E-state index in [-0.39, 0.29) is 11.3 Å². The van der Waals surface area contributed by atoms with Gasteiger partial charge in [0.15, 0.2) is 0 Å². The van der Waals surface area contributed by atoms with Gasteiger partial charge in [-0.2, -0.15) is 0 Å². The lowest BCUT2D eigenvalue weighted by Gasteiger charge is -2.20. The van der Waals surface area contributed by atoms with Crippen LogP contribution in [-0.2, 0) is 0 Å². The zero-order valence-electron chi connectivity index (χ0n) is 12.3. The number of anilines is 1. The van der Waals surface area contributed by atoms with Crippen LogP contribution < -0.4 is 11.1 Å². The summed E-state index contributed by atoms with van der Waals surface area (Å²) < 4.78 is 26.7. The van der Waals surface area contributed by atoms with E-state index in [4.69, 9.17) is 5.73 Å². The van der Waals surface area contributed by atoms with Gasteiger partial charge in [-0.1, -0.05) is 0 Å². The second-order valence-corrected chi connectivity index (χ2v) is 5.81. The number of nitrogens with zero attached hydrogens (tertiary/aromatic N) is 1. The van der Waals surface area contributed by atoms with Crippen LogP contribution in [0.1, 0.15) is 30.6 Å². The number of halogens is 2. The Labute approximate surface area is 123 Å². The van der Waals surface area contributed by atoms with Gasteiger partial charge in [0.25, 0.3) is 5.91 Å². The Morgan fingerprint density at radius 1 is 1.43 bits per heavy atom. The van der Waals surface area contributed by atoms with Crippen LogP contribution in [0.2, 0.25) is 0 Å². The minimum absolute atomic E-state index is 0.215. The first-order valence-electron chi connectivity index (χ1n) is 7.15. The maximum atomic E-state index is 13.6. The van der Waals surface area contributed by atoms with Crippen LogP contribution in [0.15, 0.2) is 12.1 Å². The van der Waals surface area contributed by atoms with Crippen LogP contribution in [0.3, 0.4) is 0 Å². The number of likely N-dealkylation sites (tertiary alicyclic amines) is 1. The Hall–Kier alpha value is -1.69. The third kappa shape index (κ3) is 3.69. The number of nitrogens with one attached hydrogen (secondary N) is 1. The maximum absolute atomic E-state index is 13.6. The molecule has 0 radical (unpaired) electrons. The first kappa shape index (κ1) is 15.7. The highest BCUT2D eigenvalue weighted by molar-refractivity contribution is 5.95. The minimum atomic E-state index is -0.894. The number of carbonyl (C=O) groups excluding carboxylic acids is 1. The summed E-state index contributed by atoms with van der Waals surface area (Å²) in [4.78, 5) is 14.3. The summed E-state index contributed by atoms with van der Waals surface area (Å²) in [5, 5.41) is 2.70. The topological polar surface area (TPSA) is 58.4 Å².